The Kier molecular flexibility index (Phi) is 8.04. The molecule has 0 aromatic heterocycles. The maximum absolute atomic E-state index is 12.9. The van der Waals surface area contributed by atoms with Gasteiger partial charge in [0.05, 0.1) is 12.1 Å². The molecule has 32 heavy (non-hydrogen) atoms. The van der Waals surface area contributed by atoms with Crippen molar-refractivity contribution < 1.29 is 9.53 Å². The van der Waals surface area contributed by atoms with Gasteiger partial charge in [0.15, 0.2) is 0 Å². The number of urea groups is 1. The molecule has 4 rings (SSSR count). The largest absolute Gasteiger partial charge is 0.491 e. The van der Waals surface area contributed by atoms with E-state index in [1.54, 1.807) is 0 Å². The van der Waals surface area contributed by atoms with Crippen molar-refractivity contribution in [2.24, 2.45) is 5.92 Å². The highest BCUT2D eigenvalue weighted by Crippen LogP contribution is 2.31. The molecule has 178 valence electrons. The number of likely N-dealkylation sites (tertiary alicyclic amines) is 1. The lowest BCUT2D eigenvalue weighted by atomic mass is 9.90. The Morgan fingerprint density at radius 1 is 1.09 bits per heavy atom. The van der Waals surface area contributed by atoms with Crippen molar-refractivity contribution in [2.45, 2.75) is 83.4 Å². The summed E-state index contributed by atoms with van der Waals surface area (Å²) in [6.07, 6.45) is 10.0. The molecule has 0 radical (unpaired) electrons. The van der Waals surface area contributed by atoms with Crippen LogP contribution in [0.3, 0.4) is 0 Å². The number of rotatable bonds is 7. The monoisotopic (exact) mass is 505 g/mol. The van der Waals surface area contributed by atoms with Gasteiger partial charge in [-0.15, -0.1) is 0 Å². The van der Waals surface area contributed by atoms with E-state index in [0.717, 1.165) is 38.3 Å². The highest BCUT2D eigenvalue weighted by Gasteiger charge is 2.39. The van der Waals surface area contributed by atoms with Crippen LogP contribution in [0.2, 0.25) is 0 Å². The molecular formula is C26H40BrN3O2. The summed E-state index contributed by atoms with van der Waals surface area (Å²) in [5.74, 6) is 1.67. The first-order valence-electron chi connectivity index (χ1n) is 12.6. The topological polar surface area (TPSA) is 36.0 Å². The molecule has 3 fully saturated rings. The van der Waals surface area contributed by atoms with Crippen molar-refractivity contribution in [2.75, 3.05) is 33.2 Å². The van der Waals surface area contributed by atoms with Crippen LogP contribution < -0.4 is 4.74 Å². The predicted molar refractivity (Wildman–Crippen MR) is 133 cm³/mol. The number of amides is 2. The number of likely N-dealkylation sites (N-methyl/N-ethyl adjacent to an activating group) is 1. The number of piperidine rings is 1. The maximum atomic E-state index is 12.9. The Morgan fingerprint density at radius 3 is 2.50 bits per heavy atom. The van der Waals surface area contributed by atoms with Crippen molar-refractivity contribution in [1.29, 1.82) is 0 Å². The standard InChI is InChI=1S/C26H40BrN3O2/c1-19(2)32-24-9-10-25(27)21(16-24)15-20-11-13-29(14-12-20)17-23-18-30(26(31)28(23)3)22-7-5-4-6-8-22/h9-10,16,19-20,22-23H,4-8,11-15,17-18H2,1-3H3. The number of hydrogen-bond donors (Lipinski definition) is 0. The van der Waals surface area contributed by atoms with Crippen LogP contribution in [0, 0.1) is 5.92 Å². The fourth-order valence-corrected chi connectivity index (χ4v) is 6.11. The summed E-state index contributed by atoms with van der Waals surface area (Å²) in [4.78, 5) is 19.6. The molecule has 1 atom stereocenters. The predicted octanol–water partition coefficient (Wildman–Crippen LogP) is 5.56. The van der Waals surface area contributed by atoms with Gasteiger partial charge < -0.3 is 19.4 Å². The molecule has 5 nitrogen and oxygen atoms in total. The minimum Gasteiger partial charge on any atom is -0.491 e. The zero-order chi connectivity index (χ0) is 22.7. The second-order valence-corrected chi connectivity index (χ2v) is 11.2. The highest BCUT2D eigenvalue weighted by atomic mass is 79.9. The van der Waals surface area contributed by atoms with Crippen molar-refractivity contribution in [3.05, 3.63) is 28.2 Å². The third kappa shape index (κ3) is 5.80. The van der Waals surface area contributed by atoms with Crippen LogP contribution in [-0.4, -0.2) is 72.1 Å². The summed E-state index contributed by atoms with van der Waals surface area (Å²) in [7, 11) is 2.01. The van der Waals surface area contributed by atoms with Crippen molar-refractivity contribution in [3.8, 4) is 5.75 Å². The smallest absolute Gasteiger partial charge is 0.320 e. The molecule has 6 heteroatoms. The molecule has 1 aliphatic carbocycles. The average molecular weight is 507 g/mol. The van der Waals surface area contributed by atoms with Gasteiger partial charge in [0, 0.05) is 30.7 Å². The fraction of sp³-hybridized carbons (Fsp3) is 0.731. The third-order valence-electron chi connectivity index (χ3n) is 7.59. The molecule has 2 heterocycles. The van der Waals surface area contributed by atoms with Gasteiger partial charge in [0.2, 0.25) is 0 Å². The molecule has 1 aromatic carbocycles. The molecular weight excluding hydrogens is 466 g/mol. The maximum Gasteiger partial charge on any atom is 0.320 e. The minimum absolute atomic E-state index is 0.196. The van der Waals surface area contributed by atoms with Crippen LogP contribution in [0.25, 0.3) is 0 Å². The Hall–Kier alpha value is -1.27. The first-order chi connectivity index (χ1) is 15.4. The molecule has 2 amide bonds. The number of benzene rings is 1. The molecule has 2 saturated heterocycles. The SMILES string of the molecule is CC(C)Oc1ccc(Br)c(CC2CCN(CC3CN(C4CCCCC4)C(=O)N3C)CC2)c1. The van der Waals surface area contributed by atoms with Gasteiger partial charge in [-0.2, -0.15) is 0 Å². The number of hydrogen-bond acceptors (Lipinski definition) is 3. The summed E-state index contributed by atoms with van der Waals surface area (Å²) in [6.45, 7) is 8.33. The van der Waals surface area contributed by atoms with Crippen LogP contribution in [-0.2, 0) is 6.42 Å². The summed E-state index contributed by atoms with van der Waals surface area (Å²) in [5.41, 5.74) is 1.35. The minimum atomic E-state index is 0.196. The van der Waals surface area contributed by atoms with E-state index in [4.69, 9.17) is 4.74 Å². The zero-order valence-corrected chi connectivity index (χ0v) is 21.6. The van der Waals surface area contributed by atoms with Crippen molar-refractivity contribution in [3.63, 3.8) is 0 Å². The third-order valence-corrected chi connectivity index (χ3v) is 8.37. The molecule has 0 N–H and O–H groups in total. The number of ether oxygens (including phenoxy) is 1. The molecule has 2 aliphatic heterocycles. The van der Waals surface area contributed by atoms with Crippen molar-refractivity contribution >= 4 is 22.0 Å². The molecule has 0 spiro atoms. The van der Waals surface area contributed by atoms with E-state index in [2.05, 4.69) is 51.7 Å². The Balaban J connectivity index is 1.27. The lowest BCUT2D eigenvalue weighted by molar-refractivity contribution is 0.149. The normalized spacial score (nSPS) is 24.0. The number of halogens is 1. The molecule has 0 bridgehead atoms. The second kappa shape index (κ2) is 10.8. The van der Waals surface area contributed by atoms with E-state index < -0.39 is 0 Å². The fourth-order valence-electron chi connectivity index (χ4n) is 5.70. The summed E-state index contributed by atoms with van der Waals surface area (Å²) in [5, 5.41) is 0. The summed E-state index contributed by atoms with van der Waals surface area (Å²) < 4.78 is 7.08. The van der Waals surface area contributed by atoms with Gasteiger partial charge in [-0.25, -0.2) is 4.79 Å². The summed E-state index contributed by atoms with van der Waals surface area (Å²) >= 11 is 3.74. The first kappa shape index (κ1) is 23.9. The van der Waals surface area contributed by atoms with E-state index in [-0.39, 0.29) is 12.1 Å². The molecule has 1 unspecified atom stereocenters. The van der Waals surface area contributed by atoms with E-state index >= 15 is 0 Å². The van der Waals surface area contributed by atoms with Crippen molar-refractivity contribution in [1.82, 2.24) is 14.7 Å². The van der Waals surface area contributed by atoms with Gasteiger partial charge in [0.1, 0.15) is 5.75 Å². The van der Waals surface area contributed by atoms with Gasteiger partial charge in [-0.1, -0.05) is 35.2 Å². The quantitative estimate of drug-likeness (QED) is 0.486. The highest BCUT2D eigenvalue weighted by molar-refractivity contribution is 9.10. The van der Waals surface area contributed by atoms with Gasteiger partial charge >= 0.3 is 6.03 Å². The number of carbonyl (C=O) groups is 1. The molecule has 1 aromatic rings. The second-order valence-electron chi connectivity index (χ2n) is 10.4. The Morgan fingerprint density at radius 2 is 1.81 bits per heavy atom. The zero-order valence-electron chi connectivity index (χ0n) is 20.1. The Bertz CT molecular complexity index is 772. The van der Waals surface area contributed by atoms with Crippen LogP contribution in [0.5, 0.6) is 5.75 Å². The Labute approximate surface area is 202 Å². The van der Waals surface area contributed by atoms with E-state index in [1.807, 2.05) is 18.0 Å². The molecule has 3 aliphatic rings. The van der Waals surface area contributed by atoms with Gasteiger partial charge in [-0.05, 0) is 88.7 Å². The first-order valence-corrected chi connectivity index (χ1v) is 13.4. The molecule has 1 saturated carbocycles. The van der Waals surface area contributed by atoms with Crippen LogP contribution >= 0.6 is 15.9 Å². The van der Waals surface area contributed by atoms with Gasteiger partial charge in [-0.3, -0.25) is 0 Å². The number of carbonyl (C=O) groups excluding carboxylic acids is 1. The lowest BCUT2D eigenvalue weighted by Gasteiger charge is -2.34. The van der Waals surface area contributed by atoms with Crippen LogP contribution in [0.15, 0.2) is 22.7 Å². The van der Waals surface area contributed by atoms with E-state index in [9.17, 15) is 4.79 Å². The van der Waals surface area contributed by atoms with Crippen LogP contribution in [0.1, 0.15) is 64.4 Å². The van der Waals surface area contributed by atoms with E-state index in [1.165, 1.54) is 55.0 Å². The van der Waals surface area contributed by atoms with Gasteiger partial charge in [0.25, 0.3) is 0 Å². The number of nitrogens with zero attached hydrogens (tertiary/aromatic N) is 3. The van der Waals surface area contributed by atoms with Crippen LogP contribution in [0.4, 0.5) is 4.79 Å². The summed E-state index contributed by atoms with van der Waals surface area (Å²) in [6, 6.07) is 7.43. The lowest BCUT2D eigenvalue weighted by Crippen LogP contribution is -2.44. The average Bonchev–Trinajstić information content (AvgIpc) is 3.06. The van der Waals surface area contributed by atoms with E-state index in [0.29, 0.717) is 18.0 Å².